The van der Waals surface area contributed by atoms with Crippen molar-refractivity contribution >= 4 is 54.8 Å². The third kappa shape index (κ3) is 4.07. The number of benzene rings is 3. The number of ether oxygens (including phenoxy) is 1. The van der Waals surface area contributed by atoms with Gasteiger partial charge in [-0.15, -0.1) is 0 Å². The van der Waals surface area contributed by atoms with Crippen molar-refractivity contribution in [1.82, 2.24) is 0 Å². The summed E-state index contributed by atoms with van der Waals surface area (Å²) in [6.45, 7) is 0. The van der Waals surface area contributed by atoms with E-state index in [1.807, 2.05) is 0 Å². The summed E-state index contributed by atoms with van der Waals surface area (Å²) < 4.78 is 38.2. The minimum Gasteiger partial charge on any atom is -0.497 e. The fourth-order valence-corrected chi connectivity index (χ4v) is 5.15. The number of rotatable bonds is 5. The van der Waals surface area contributed by atoms with E-state index >= 15 is 0 Å². The number of fused-ring (bicyclic) bond motifs is 1. The average molecular weight is 476 g/mol. The van der Waals surface area contributed by atoms with Crippen LogP contribution in [-0.4, -0.2) is 21.4 Å². The number of carbonyl (C=O) groups excluding carboxylic acids is 1. The molecule has 0 spiro atoms. The molecule has 7 nitrogen and oxygen atoms in total. The molecule has 0 N–H and O–H groups in total. The zero-order valence-corrected chi connectivity index (χ0v) is 18.3. The van der Waals surface area contributed by atoms with Crippen LogP contribution in [0.4, 0.5) is 5.69 Å². The fraction of sp³-hybridized carbons (Fsp3) is 0.0476. The molecule has 1 heterocycles. The highest BCUT2D eigenvalue weighted by atomic mass is 35.5. The standard InChI is InChI=1S/C21H14ClNO6S2/c1-28-16-7-2-13(3-8-16)20(24)23(31(26,27)17-9-4-14(22)5-10-17)15-6-11-18-19(12-15)30-21(25)29-18/h2-12H,1H3. The lowest BCUT2D eigenvalue weighted by atomic mass is 10.2. The smallest absolute Gasteiger partial charge is 0.396 e. The summed E-state index contributed by atoms with van der Waals surface area (Å²) in [7, 11) is -2.82. The number of methoxy groups -OCH3 is 1. The van der Waals surface area contributed by atoms with Gasteiger partial charge in [-0.3, -0.25) is 4.79 Å². The highest BCUT2D eigenvalue weighted by Crippen LogP contribution is 2.31. The molecule has 0 fully saturated rings. The number of nitrogens with zero attached hydrogens (tertiary/aromatic N) is 1. The molecule has 31 heavy (non-hydrogen) atoms. The van der Waals surface area contributed by atoms with E-state index in [9.17, 15) is 18.0 Å². The zero-order valence-electron chi connectivity index (χ0n) is 15.9. The molecule has 0 unspecified atom stereocenters. The predicted molar refractivity (Wildman–Crippen MR) is 119 cm³/mol. The Morgan fingerprint density at radius 2 is 1.71 bits per heavy atom. The van der Waals surface area contributed by atoms with Crippen molar-refractivity contribution in [2.24, 2.45) is 0 Å². The van der Waals surface area contributed by atoms with Crippen LogP contribution in [0.5, 0.6) is 5.75 Å². The minimum absolute atomic E-state index is 0.0697. The van der Waals surface area contributed by atoms with Gasteiger partial charge in [-0.05, 0) is 66.7 Å². The molecule has 0 bridgehead atoms. The average Bonchev–Trinajstić information content (AvgIpc) is 3.13. The van der Waals surface area contributed by atoms with E-state index in [0.29, 0.717) is 25.4 Å². The van der Waals surface area contributed by atoms with E-state index in [-0.39, 0.29) is 16.1 Å². The molecular formula is C21H14ClNO6S2. The van der Waals surface area contributed by atoms with Crippen LogP contribution in [0.25, 0.3) is 10.3 Å². The van der Waals surface area contributed by atoms with Gasteiger partial charge in [0.2, 0.25) is 0 Å². The van der Waals surface area contributed by atoms with Crippen LogP contribution >= 0.6 is 22.9 Å². The molecular weight excluding hydrogens is 462 g/mol. The maximum absolute atomic E-state index is 13.5. The van der Waals surface area contributed by atoms with Crippen LogP contribution in [0.1, 0.15) is 10.4 Å². The van der Waals surface area contributed by atoms with Crippen molar-refractivity contribution in [2.45, 2.75) is 4.90 Å². The van der Waals surface area contributed by atoms with E-state index in [1.54, 1.807) is 12.1 Å². The molecule has 0 radical (unpaired) electrons. The molecule has 158 valence electrons. The second-order valence-corrected chi connectivity index (χ2v) is 9.54. The predicted octanol–water partition coefficient (Wildman–Crippen LogP) is 4.55. The number of hydrogen-bond donors (Lipinski definition) is 0. The molecule has 0 saturated carbocycles. The van der Waals surface area contributed by atoms with E-state index in [1.165, 1.54) is 61.7 Å². The number of halogens is 1. The number of anilines is 1. The first kappa shape index (κ1) is 21.1. The second-order valence-electron chi connectivity index (χ2n) is 6.34. The molecule has 0 aliphatic carbocycles. The third-order valence-electron chi connectivity index (χ3n) is 4.42. The number of carbonyl (C=O) groups is 1. The first-order chi connectivity index (χ1) is 14.8. The van der Waals surface area contributed by atoms with Gasteiger partial charge in [-0.2, -0.15) is 4.31 Å². The monoisotopic (exact) mass is 475 g/mol. The van der Waals surface area contributed by atoms with Crippen molar-refractivity contribution in [1.29, 1.82) is 0 Å². The Balaban J connectivity index is 1.88. The summed E-state index contributed by atoms with van der Waals surface area (Å²) in [5, 5.41) is 0.358. The summed E-state index contributed by atoms with van der Waals surface area (Å²) in [6, 6.07) is 15.9. The Kier molecular flexibility index (Phi) is 5.57. The molecule has 4 rings (SSSR count). The highest BCUT2D eigenvalue weighted by Gasteiger charge is 2.32. The molecule has 0 atom stereocenters. The zero-order chi connectivity index (χ0) is 22.2. The Hall–Kier alpha value is -3.14. The molecule has 10 heteroatoms. The first-order valence-electron chi connectivity index (χ1n) is 8.82. The topological polar surface area (TPSA) is 93.9 Å². The van der Waals surface area contributed by atoms with Gasteiger partial charge < -0.3 is 9.15 Å². The van der Waals surface area contributed by atoms with Crippen LogP contribution in [-0.2, 0) is 10.0 Å². The van der Waals surface area contributed by atoms with Crippen LogP contribution in [0.15, 0.2) is 80.8 Å². The minimum atomic E-state index is -4.31. The van der Waals surface area contributed by atoms with Gasteiger partial charge in [-0.25, -0.2) is 13.2 Å². The van der Waals surface area contributed by atoms with E-state index in [2.05, 4.69) is 0 Å². The van der Waals surface area contributed by atoms with Gasteiger partial charge in [0.15, 0.2) is 0 Å². The molecule has 4 aromatic rings. The maximum atomic E-state index is 13.5. The van der Waals surface area contributed by atoms with Crippen LogP contribution in [0.3, 0.4) is 0 Å². The fourth-order valence-electron chi connectivity index (χ4n) is 2.92. The summed E-state index contributed by atoms with van der Waals surface area (Å²) in [6.07, 6.45) is 0. The van der Waals surface area contributed by atoms with Crippen molar-refractivity contribution in [3.63, 3.8) is 0 Å². The molecule has 1 amide bonds. The van der Waals surface area contributed by atoms with Gasteiger partial charge in [-0.1, -0.05) is 22.9 Å². The Bertz CT molecular complexity index is 1420. The molecule has 0 aliphatic rings. The number of sulfonamides is 1. The van der Waals surface area contributed by atoms with Gasteiger partial charge in [0, 0.05) is 10.6 Å². The number of amides is 1. The lowest BCUT2D eigenvalue weighted by Crippen LogP contribution is -2.37. The second kappa shape index (κ2) is 8.18. The maximum Gasteiger partial charge on any atom is 0.396 e. The van der Waals surface area contributed by atoms with Crippen molar-refractivity contribution in [2.75, 3.05) is 11.4 Å². The van der Waals surface area contributed by atoms with Gasteiger partial charge in [0.1, 0.15) is 11.3 Å². The Morgan fingerprint density at radius 1 is 1.03 bits per heavy atom. The molecule has 1 aromatic heterocycles. The summed E-state index contributed by atoms with van der Waals surface area (Å²) in [4.78, 5) is 24.3. The normalized spacial score (nSPS) is 11.4. The van der Waals surface area contributed by atoms with Gasteiger partial charge in [0.25, 0.3) is 15.9 Å². The van der Waals surface area contributed by atoms with E-state index in [4.69, 9.17) is 20.8 Å². The molecule has 0 aliphatic heterocycles. The van der Waals surface area contributed by atoms with Crippen LogP contribution < -0.4 is 14.0 Å². The van der Waals surface area contributed by atoms with Crippen LogP contribution in [0, 0.1) is 0 Å². The van der Waals surface area contributed by atoms with Crippen molar-refractivity contribution < 1.29 is 22.4 Å². The van der Waals surface area contributed by atoms with Gasteiger partial charge in [0.05, 0.1) is 22.4 Å². The lowest BCUT2D eigenvalue weighted by molar-refractivity contribution is 0.101. The summed E-state index contributed by atoms with van der Waals surface area (Å²) >= 11 is 6.70. The van der Waals surface area contributed by atoms with E-state index < -0.39 is 20.9 Å². The molecule has 0 saturated heterocycles. The number of hydrogen-bond acceptors (Lipinski definition) is 7. The summed E-state index contributed by atoms with van der Waals surface area (Å²) in [5.41, 5.74) is 0.513. The quantitative estimate of drug-likeness (QED) is 0.420. The van der Waals surface area contributed by atoms with E-state index in [0.717, 1.165) is 11.3 Å². The lowest BCUT2D eigenvalue weighted by Gasteiger charge is -2.23. The third-order valence-corrected chi connectivity index (χ3v) is 7.19. The SMILES string of the molecule is COc1ccc(C(=O)N(c2ccc3oc(=O)sc3c2)S(=O)(=O)c2ccc(Cl)cc2)cc1. The first-order valence-corrected chi connectivity index (χ1v) is 11.5. The van der Waals surface area contributed by atoms with Crippen molar-refractivity contribution in [3.05, 3.63) is 87.0 Å². The summed E-state index contributed by atoms with van der Waals surface area (Å²) in [5.74, 6) is -0.249. The van der Waals surface area contributed by atoms with Crippen molar-refractivity contribution in [3.8, 4) is 5.75 Å². The van der Waals surface area contributed by atoms with Crippen LogP contribution in [0.2, 0.25) is 5.02 Å². The highest BCUT2D eigenvalue weighted by molar-refractivity contribution is 7.93. The Labute approximate surface area is 186 Å². The largest absolute Gasteiger partial charge is 0.497 e. The Morgan fingerprint density at radius 3 is 2.35 bits per heavy atom. The molecule has 3 aromatic carbocycles. The van der Waals surface area contributed by atoms with Gasteiger partial charge >= 0.3 is 4.94 Å².